The summed E-state index contributed by atoms with van der Waals surface area (Å²) in [5.74, 6) is 0.864. The van der Waals surface area contributed by atoms with E-state index in [1.54, 1.807) is 0 Å². The molecule has 2 aromatic heterocycles. The molecule has 0 aliphatic heterocycles. The molecule has 0 aromatic carbocycles. The molecule has 0 aliphatic carbocycles. The third kappa shape index (κ3) is 2.23. The Kier molecular flexibility index (Phi) is 3.63. The predicted octanol–water partition coefficient (Wildman–Crippen LogP) is 1.14. The van der Waals surface area contributed by atoms with E-state index in [1.165, 1.54) is 11.8 Å². The van der Waals surface area contributed by atoms with E-state index in [9.17, 15) is 0 Å². The largest absolute Gasteiger partial charge is 0.326 e. The van der Waals surface area contributed by atoms with Crippen LogP contribution in [-0.2, 0) is 13.6 Å². The molecule has 2 N–H and O–H groups in total. The van der Waals surface area contributed by atoms with E-state index < -0.39 is 0 Å². The zero-order valence-electron chi connectivity index (χ0n) is 10.9. The molecule has 18 heavy (non-hydrogen) atoms. The van der Waals surface area contributed by atoms with Gasteiger partial charge in [0.1, 0.15) is 10.9 Å². The molecule has 2 aromatic rings. The van der Waals surface area contributed by atoms with Gasteiger partial charge in [0, 0.05) is 19.2 Å². The number of nitrogens with zero attached hydrogens (tertiary/aromatic N) is 5. The topological polar surface area (TPSA) is 82.5 Å². The van der Waals surface area contributed by atoms with Crippen molar-refractivity contribution in [3.8, 4) is 0 Å². The lowest BCUT2D eigenvalue weighted by Gasteiger charge is -2.09. The van der Waals surface area contributed by atoms with Crippen LogP contribution in [0.3, 0.4) is 0 Å². The molecule has 0 radical (unpaired) electrons. The Hall–Kier alpha value is -1.47. The molecular formula is C11H16N6S. The van der Waals surface area contributed by atoms with Gasteiger partial charge in [-0.05, 0) is 38.1 Å². The van der Waals surface area contributed by atoms with Gasteiger partial charge >= 0.3 is 0 Å². The highest BCUT2D eigenvalue weighted by Gasteiger charge is 2.14. The Morgan fingerprint density at radius 3 is 2.39 bits per heavy atom. The molecule has 0 aliphatic rings. The van der Waals surface area contributed by atoms with Crippen molar-refractivity contribution < 1.29 is 0 Å². The molecule has 0 bridgehead atoms. The van der Waals surface area contributed by atoms with E-state index in [0.717, 1.165) is 32.8 Å². The molecule has 7 heteroatoms. The molecule has 0 amide bonds. The lowest BCUT2D eigenvalue weighted by Crippen LogP contribution is -2.07. The van der Waals surface area contributed by atoms with Gasteiger partial charge in [-0.1, -0.05) is 0 Å². The minimum absolute atomic E-state index is 0.446. The molecule has 2 heterocycles. The minimum Gasteiger partial charge on any atom is -0.326 e. The van der Waals surface area contributed by atoms with Crippen LogP contribution in [0.2, 0.25) is 0 Å². The van der Waals surface area contributed by atoms with Crippen LogP contribution in [0.1, 0.15) is 22.6 Å². The third-order valence-corrected chi connectivity index (χ3v) is 4.05. The number of hydrogen-bond donors (Lipinski definition) is 1. The summed E-state index contributed by atoms with van der Waals surface area (Å²) in [5, 5.41) is 18.1. The van der Waals surface area contributed by atoms with Crippen molar-refractivity contribution in [3.05, 3.63) is 22.6 Å². The van der Waals surface area contributed by atoms with Crippen molar-refractivity contribution in [1.29, 1.82) is 0 Å². The Labute approximate surface area is 110 Å². The lowest BCUT2D eigenvalue weighted by atomic mass is 10.1. The van der Waals surface area contributed by atoms with Gasteiger partial charge in [-0.3, -0.25) is 0 Å². The van der Waals surface area contributed by atoms with Crippen molar-refractivity contribution in [2.24, 2.45) is 12.8 Å². The van der Waals surface area contributed by atoms with Crippen LogP contribution in [0.25, 0.3) is 0 Å². The summed E-state index contributed by atoms with van der Waals surface area (Å²) in [4.78, 5) is 0. The van der Waals surface area contributed by atoms with Crippen molar-refractivity contribution in [1.82, 2.24) is 25.0 Å². The molecular weight excluding hydrogens is 248 g/mol. The van der Waals surface area contributed by atoms with E-state index in [4.69, 9.17) is 5.73 Å². The van der Waals surface area contributed by atoms with Gasteiger partial charge in [-0.15, -0.1) is 15.3 Å². The summed E-state index contributed by atoms with van der Waals surface area (Å²) in [7, 11) is 1.92. The highest BCUT2D eigenvalue weighted by molar-refractivity contribution is 7.99. The number of hydrogen-bond acceptors (Lipinski definition) is 6. The first kappa shape index (κ1) is 13.0. The summed E-state index contributed by atoms with van der Waals surface area (Å²) < 4.78 is 1.92. The zero-order chi connectivity index (χ0) is 13.3. The van der Waals surface area contributed by atoms with E-state index >= 15 is 0 Å². The fourth-order valence-corrected chi connectivity index (χ4v) is 2.48. The minimum atomic E-state index is 0.446. The van der Waals surface area contributed by atoms with Crippen LogP contribution < -0.4 is 5.73 Å². The molecule has 0 spiro atoms. The molecule has 96 valence electrons. The summed E-state index contributed by atoms with van der Waals surface area (Å²) in [6.45, 7) is 6.30. The Morgan fingerprint density at radius 1 is 1.11 bits per heavy atom. The molecule has 0 atom stereocenters. The Bertz CT molecular complexity index is 577. The molecule has 2 rings (SSSR count). The molecule has 0 saturated carbocycles. The van der Waals surface area contributed by atoms with Crippen LogP contribution in [0.4, 0.5) is 0 Å². The first-order chi connectivity index (χ1) is 8.54. The highest BCUT2D eigenvalue weighted by Crippen LogP contribution is 2.28. The molecule has 0 unspecified atom stereocenters. The van der Waals surface area contributed by atoms with Crippen molar-refractivity contribution >= 4 is 11.8 Å². The zero-order valence-corrected chi connectivity index (χ0v) is 11.7. The van der Waals surface area contributed by atoms with Crippen LogP contribution in [-0.4, -0.2) is 25.0 Å². The SMILES string of the molecule is Cc1nnc(Sc2nnc(C)n2C)c(CN)c1C. The van der Waals surface area contributed by atoms with E-state index in [0.29, 0.717) is 6.54 Å². The standard InChI is InChI=1S/C11H16N6S/c1-6-7(2)13-15-10(9(6)5-12)18-11-16-14-8(3)17(11)4/h5,12H2,1-4H3. The van der Waals surface area contributed by atoms with Crippen LogP contribution >= 0.6 is 11.8 Å². The normalized spacial score (nSPS) is 10.9. The number of nitrogens with two attached hydrogens (primary N) is 1. The number of aromatic nitrogens is 5. The number of aryl methyl sites for hydroxylation is 2. The average Bonchev–Trinajstić information content (AvgIpc) is 2.66. The van der Waals surface area contributed by atoms with Crippen LogP contribution in [0.5, 0.6) is 0 Å². The Balaban J connectivity index is 2.41. The third-order valence-electron chi connectivity index (χ3n) is 2.99. The number of rotatable bonds is 3. The van der Waals surface area contributed by atoms with Crippen molar-refractivity contribution in [3.63, 3.8) is 0 Å². The average molecular weight is 264 g/mol. The second kappa shape index (κ2) is 5.03. The molecule has 0 fully saturated rings. The van der Waals surface area contributed by atoms with Crippen molar-refractivity contribution in [2.75, 3.05) is 0 Å². The van der Waals surface area contributed by atoms with Crippen LogP contribution in [0.15, 0.2) is 10.2 Å². The van der Waals surface area contributed by atoms with Crippen LogP contribution in [0, 0.1) is 20.8 Å². The quantitative estimate of drug-likeness (QED) is 0.895. The fourth-order valence-electron chi connectivity index (χ4n) is 1.52. The molecule has 6 nitrogen and oxygen atoms in total. The maximum atomic E-state index is 5.79. The lowest BCUT2D eigenvalue weighted by molar-refractivity contribution is 0.758. The van der Waals surface area contributed by atoms with Gasteiger partial charge in [-0.2, -0.15) is 5.10 Å². The first-order valence-corrected chi connectivity index (χ1v) is 6.43. The monoisotopic (exact) mass is 264 g/mol. The highest BCUT2D eigenvalue weighted by atomic mass is 32.2. The van der Waals surface area contributed by atoms with E-state index in [-0.39, 0.29) is 0 Å². The fraction of sp³-hybridized carbons (Fsp3) is 0.455. The van der Waals surface area contributed by atoms with Crippen molar-refractivity contribution in [2.45, 2.75) is 37.5 Å². The van der Waals surface area contributed by atoms with E-state index in [1.807, 2.05) is 32.4 Å². The second-order valence-electron chi connectivity index (χ2n) is 4.09. The Morgan fingerprint density at radius 2 is 1.83 bits per heavy atom. The first-order valence-electron chi connectivity index (χ1n) is 5.61. The van der Waals surface area contributed by atoms with Gasteiger partial charge in [0.25, 0.3) is 0 Å². The van der Waals surface area contributed by atoms with Gasteiger partial charge in [0.05, 0.1) is 5.69 Å². The van der Waals surface area contributed by atoms with Gasteiger partial charge in [0.2, 0.25) is 0 Å². The van der Waals surface area contributed by atoms with Gasteiger partial charge in [0.15, 0.2) is 5.16 Å². The van der Waals surface area contributed by atoms with Gasteiger partial charge < -0.3 is 10.3 Å². The maximum absolute atomic E-state index is 5.79. The summed E-state index contributed by atoms with van der Waals surface area (Å²) in [5.41, 5.74) is 8.82. The second-order valence-corrected chi connectivity index (χ2v) is 5.05. The van der Waals surface area contributed by atoms with E-state index in [2.05, 4.69) is 20.4 Å². The predicted molar refractivity (Wildman–Crippen MR) is 69.3 cm³/mol. The summed E-state index contributed by atoms with van der Waals surface area (Å²) in [6, 6.07) is 0. The smallest absolute Gasteiger partial charge is 0.197 e. The molecule has 0 saturated heterocycles. The van der Waals surface area contributed by atoms with Gasteiger partial charge in [-0.25, -0.2) is 0 Å². The maximum Gasteiger partial charge on any atom is 0.197 e. The summed E-state index contributed by atoms with van der Waals surface area (Å²) in [6.07, 6.45) is 0. The summed E-state index contributed by atoms with van der Waals surface area (Å²) >= 11 is 1.44.